The molecule has 3 heterocycles. The minimum absolute atomic E-state index is 0.0752. The van der Waals surface area contributed by atoms with Crippen molar-refractivity contribution in [3.05, 3.63) is 41.6 Å². The van der Waals surface area contributed by atoms with Crippen molar-refractivity contribution >= 4 is 22.4 Å². The van der Waals surface area contributed by atoms with Gasteiger partial charge >= 0.3 is 5.97 Å². The summed E-state index contributed by atoms with van der Waals surface area (Å²) in [6.45, 7) is 2.31. The van der Waals surface area contributed by atoms with Crippen molar-refractivity contribution in [2.45, 2.75) is 50.6 Å². The predicted molar refractivity (Wildman–Crippen MR) is 116 cm³/mol. The average Bonchev–Trinajstić information content (AvgIpc) is 3.11. The van der Waals surface area contributed by atoms with Gasteiger partial charge in [-0.3, -0.25) is 9.69 Å². The van der Waals surface area contributed by atoms with Gasteiger partial charge in [-0.1, -0.05) is 37.5 Å². The lowest BCUT2D eigenvalue weighted by Crippen LogP contribution is -2.44. The number of benzene rings is 1. The van der Waals surface area contributed by atoms with Crippen LogP contribution in [0.5, 0.6) is 0 Å². The van der Waals surface area contributed by atoms with Crippen LogP contribution < -0.4 is 5.32 Å². The molecule has 5 nitrogen and oxygen atoms in total. The van der Waals surface area contributed by atoms with E-state index in [0.29, 0.717) is 12.6 Å². The van der Waals surface area contributed by atoms with E-state index in [0.717, 1.165) is 38.8 Å². The van der Waals surface area contributed by atoms with Gasteiger partial charge in [0.1, 0.15) is 6.04 Å². The first kappa shape index (κ1) is 18.9. The van der Waals surface area contributed by atoms with E-state index in [1.807, 2.05) is 0 Å². The highest BCUT2D eigenvalue weighted by Crippen LogP contribution is 2.40. The van der Waals surface area contributed by atoms with E-state index in [1.54, 1.807) is 0 Å². The Labute approximate surface area is 172 Å². The number of fused-ring (bicyclic) bond motifs is 2. The van der Waals surface area contributed by atoms with Crippen molar-refractivity contribution in [1.29, 1.82) is 0 Å². The van der Waals surface area contributed by atoms with Crippen molar-refractivity contribution < 1.29 is 9.53 Å². The van der Waals surface area contributed by atoms with Gasteiger partial charge in [-0.15, -0.1) is 0 Å². The second-order valence-electron chi connectivity index (χ2n) is 8.92. The third kappa shape index (κ3) is 3.62. The minimum atomic E-state index is -0.136. The van der Waals surface area contributed by atoms with Crippen molar-refractivity contribution in [3.8, 4) is 0 Å². The Morgan fingerprint density at radius 2 is 2.14 bits per heavy atom. The summed E-state index contributed by atoms with van der Waals surface area (Å²) in [6.07, 6.45) is 11.2. The molecular formula is C24H31N3O2. The molecule has 3 aliphatic rings. The quantitative estimate of drug-likeness (QED) is 0.784. The van der Waals surface area contributed by atoms with Crippen molar-refractivity contribution in [1.82, 2.24) is 15.2 Å². The highest BCUT2D eigenvalue weighted by Gasteiger charge is 2.34. The molecule has 0 radical (unpaired) electrons. The summed E-state index contributed by atoms with van der Waals surface area (Å²) >= 11 is 0. The number of rotatable bonds is 3. The number of nitrogens with one attached hydrogen (secondary N) is 2. The van der Waals surface area contributed by atoms with Crippen LogP contribution in [0, 0.1) is 5.92 Å². The summed E-state index contributed by atoms with van der Waals surface area (Å²) in [6, 6.07) is 6.78. The number of aromatic nitrogens is 1. The third-order valence-electron chi connectivity index (χ3n) is 6.88. The molecule has 2 unspecified atom stereocenters. The van der Waals surface area contributed by atoms with Gasteiger partial charge in [0, 0.05) is 35.6 Å². The number of aromatic amines is 1. The van der Waals surface area contributed by atoms with Crippen LogP contribution >= 0.6 is 0 Å². The zero-order valence-electron chi connectivity index (χ0n) is 17.2. The number of carbonyl (C=O) groups excluding carboxylic acids is 1. The summed E-state index contributed by atoms with van der Waals surface area (Å²) in [5.41, 5.74) is 5.34. The number of hydrogen-bond donors (Lipinski definition) is 2. The zero-order chi connectivity index (χ0) is 19.8. The maximum Gasteiger partial charge on any atom is 0.323 e. The molecule has 0 bridgehead atoms. The lowest BCUT2D eigenvalue weighted by Gasteiger charge is -2.39. The molecule has 2 N–H and O–H groups in total. The Kier molecular flexibility index (Phi) is 5.18. The number of hydrogen-bond acceptors (Lipinski definition) is 4. The summed E-state index contributed by atoms with van der Waals surface area (Å²) in [7, 11) is 2.20. The van der Waals surface area contributed by atoms with E-state index in [4.69, 9.17) is 4.74 Å². The molecule has 5 heteroatoms. The Balaban J connectivity index is 1.32. The normalized spacial score (nSPS) is 27.6. The topological polar surface area (TPSA) is 57.4 Å². The largest absolute Gasteiger partial charge is 0.464 e. The van der Waals surface area contributed by atoms with Crippen LogP contribution in [0.2, 0.25) is 0 Å². The maximum absolute atomic E-state index is 12.6. The first-order chi connectivity index (χ1) is 14.2. The molecule has 2 aromatic rings. The van der Waals surface area contributed by atoms with Gasteiger partial charge < -0.3 is 15.0 Å². The molecule has 3 atom stereocenters. The molecule has 1 fully saturated rings. The van der Waals surface area contributed by atoms with E-state index >= 15 is 0 Å². The number of nitrogens with zero attached hydrogens (tertiary/aromatic N) is 1. The Morgan fingerprint density at radius 1 is 1.24 bits per heavy atom. The SMILES string of the molecule is CN1CC(COC(=O)C2CCCCCCN2)C=C2c3cccc4[nH]cc(c34)C[C@@H]21. The molecule has 0 saturated carbocycles. The molecule has 1 aromatic carbocycles. The summed E-state index contributed by atoms with van der Waals surface area (Å²) in [5, 5.41) is 4.74. The van der Waals surface area contributed by atoms with Gasteiger partial charge in [-0.25, -0.2) is 0 Å². The summed E-state index contributed by atoms with van der Waals surface area (Å²) in [5.74, 6) is 0.160. The molecular weight excluding hydrogens is 362 g/mol. The minimum Gasteiger partial charge on any atom is -0.464 e. The molecule has 29 heavy (non-hydrogen) atoms. The van der Waals surface area contributed by atoms with E-state index in [1.165, 1.54) is 40.4 Å². The smallest absolute Gasteiger partial charge is 0.323 e. The molecule has 1 aliphatic carbocycles. The Morgan fingerprint density at radius 3 is 3.07 bits per heavy atom. The lowest BCUT2D eigenvalue weighted by atomic mass is 9.80. The molecule has 5 rings (SSSR count). The van der Waals surface area contributed by atoms with E-state index in [2.05, 4.69) is 52.7 Å². The van der Waals surface area contributed by atoms with Crippen LogP contribution in [0.15, 0.2) is 30.5 Å². The van der Waals surface area contributed by atoms with Gasteiger partial charge in [0.2, 0.25) is 0 Å². The molecule has 154 valence electrons. The fraction of sp³-hybridized carbons (Fsp3) is 0.542. The molecule has 0 amide bonds. The first-order valence-corrected chi connectivity index (χ1v) is 11.1. The van der Waals surface area contributed by atoms with Crippen LogP contribution in [0.3, 0.4) is 0 Å². The Bertz CT molecular complexity index is 923. The fourth-order valence-electron chi connectivity index (χ4n) is 5.35. The van der Waals surface area contributed by atoms with Crippen LogP contribution in [0.25, 0.3) is 16.5 Å². The summed E-state index contributed by atoms with van der Waals surface area (Å²) in [4.78, 5) is 18.5. The highest BCUT2D eigenvalue weighted by molar-refractivity contribution is 5.98. The standard InChI is InChI=1S/C24H31N3O2/c1-27-14-16(15-29-24(28)21-8-4-2-3-5-10-25-21)11-19-18-7-6-9-20-23(18)17(13-26-20)12-22(19)27/h6-7,9,11,13,16,21-22,25-26H,2-5,8,10,12,14-15H2,1H3/t16?,21?,22-/m0/s1. The van der Waals surface area contributed by atoms with Gasteiger partial charge in [-0.05, 0) is 55.6 Å². The van der Waals surface area contributed by atoms with Crippen molar-refractivity contribution in [2.24, 2.45) is 5.92 Å². The predicted octanol–water partition coefficient (Wildman–Crippen LogP) is 3.50. The second-order valence-corrected chi connectivity index (χ2v) is 8.92. The van der Waals surface area contributed by atoms with Gasteiger partial charge in [-0.2, -0.15) is 0 Å². The van der Waals surface area contributed by atoms with Crippen molar-refractivity contribution in [3.63, 3.8) is 0 Å². The first-order valence-electron chi connectivity index (χ1n) is 11.1. The highest BCUT2D eigenvalue weighted by atomic mass is 16.5. The maximum atomic E-state index is 12.6. The van der Waals surface area contributed by atoms with E-state index in [-0.39, 0.29) is 17.9 Å². The average molecular weight is 394 g/mol. The number of likely N-dealkylation sites (N-methyl/N-ethyl adjacent to an activating group) is 1. The second kappa shape index (κ2) is 7.96. The van der Waals surface area contributed by atoms with Crippen molar-refractivity contribution in [2.75, 3.05) is 26.7 Å². The van der Waals surface area contributed by atoms with E-state index < -0.39 is 0 Å². The van der Waals surface area contributed by atoms with E-state index in [9.17, 15) is 4.79 Å². The van der Waals surface area contributed by atoms with Crippen LogP contribution in [-0.4, -0.2) is 54.7 Å². The van der Waals surface area contributed by atoms with Gasteiger partial charge in [0.05, 0.1) is 6.61 Å². The lowest BCUT2D eigenvalue weighted by molar-refractivity contribution is -0.147. The monoisotopic (exact) mass is 393 g/mol. The molecule has 2 aliphatic heterocycles. The number of esters is 1. The van der Waals surface area contributed by atoms with Crippen LogP contribution in [0.4, 0.5) is 0 Å². The van der Waals surface area contributed by atoms with Crippen LogP contribution in [-0.2, 0) is 16.0 Å². The fourth-order valence-corrected chi connectivity index (χ4v) is 5.35. The van der Waals surface area contributed by atoms with Crippen LogP contribution in [0.1, 0.15) is 43.2 Å². The van der Waals surface area contributed by atoms with Gasteiger partial charge in [0.15, 0.2) is 0 Å². The zero-order valence-corrected chi connectivity index (χ0v) is 17.2. The summed E-state index contributed by atoms with van der Waals surface area (Å²) < 4.78 is 5.79. The number of ether oxygens (including phenoxy) is 1. The molecule has 1 aromatic heterocycles. The van der Waals surface area contributed by atoms with Gasteiger partial charge in [0.25, 0.3) is 0 Å². The molecule has 0 spiro atoms. The number of H-pyrrole nitrogens is 1. The molecule has 1 saturated heterocycles. The third-order valence-corrected chi connectivity index (χ3v) is 6.88. The number of carbonyl (C=O) groups is 1. The Hall–Kier alpha value is -2.11.